The molecule has 4 nitrogen and oxygen atoms in total. The Kier molecular flexibility index (Phi) is 20.4. The third-order valence-electron chi connectivity index (χ3n) is 6.30. The summed E-state index contributed by atoms with van der Waals surface area (Å²) in [5.41, 5.74) is 0. The molecule has 0 amide bonds. The van der Waals surface area contributed by atoms with Crippen LogP contribution in [0.3, 0.4) is 0 Å². The van der Waals surface area contributed by atoms with Gasteiger partial charge in [-0.3, -0.25) is 9.59 Å². The molecule has 0 heterocycles. The summed E-state index contributed by atoms with van der Waals surface area (Å²) < 4.78 is 5.46. The van der Waals surface area contributed by atoms with Crippen LogP contribution in [0.15, 0.2) is 0 Å². The molecule has 0 aromatic rings. The van der Waals surface area contributed by atoms with Gasteiger partial charge >= 0.3 is 11.9 Å². The van der Waals surface area contributed by atoms with Gasteiger partial charge in [-0.15, -0.1) is 0 Å². The highest BCUT2D eigenvalue weighted by atomic mass is 16.5. The van der Waals surface area contributed by atoms with Crippen molar-refractivity contribution in [1.82, 2.24) is 0 Å². The van der Waals surface area contributed by atoms with Crippen LogP contribution in [0.25, 0.3) is 0 Å². The first kappa shape index (κ1) is 28.9. The van der Waals surface area contributed by atoms with E-state index in [1.165, 1.54) is 64.2 Å². The molecule has 0 spiro atoms. The monoisotopic (exact) mass is 426 g/mol. The molecule has 2 atom stereocenters. The fourth-order valence-electron chi connectivity index (χ4n) is 3.93. The van der Waals surface area contributed by atoms with E-state index >= 15 is 0 Å². The molecule has 0 aliphatic carbocycles. The number of aliphatic carboxylic acids is 1. The Morgan fingerprint density at radius 1 is 0.700 bits per heavy atom. The summed E-state index contributed by atoms with van der Waals surface area (Å²) in [6, 6.07) is 0. The standard InChI is InChI=1S/C26H50O4/c1-4-7-19-23(5-2)22-30-25(27)21-18-16-14-12-10-8-9-11-13-15-17-20-24(6-3)26(28)29/h23-24H,4-22H2,1-3H3,(H,28,29). The second-order valence-electron chi connectivity index (χ2n) is 8.97. The van der Waals surface area contributed by atoms with Gasteiger partial charge in [0.25, 0.3) is 0 Å². The molecule has 0 saturated carbocycles. The summed E-state index contributed by atoms with van der Waals surface area (Å²) in [6.07, 6.45) is 20.0. The highest BCUT2D eigenvalue weighted by Crippen LogP contribution is 2.17. The van der Waals surface area contributed by atoms with Crippen LogP contribution >= 0.6 is 0 Å². The van der Waals surface area contributed by atoms with Gasteiger partial charge in [0.05, 0.1) is 12.5 Å². The molecule has 2 unspecified atom stereocenters. The maximum atomic E-state index is 11.9. The van der Waals surface area contributed by atoms with Crippen molar-refractivity contribution >= 4 is 11.9 Å². The van der Waals surface area contributed by atoms with Crippen LogP contribution in [-0.2, 0) is 14.3 Å². The maximum Gasteiger partial charge on any atom is 0.306 e. The molecule has 0 aliphatic rings. The Morgan fingerprint density at radius 2 is 1.23 bits per heavy atom. The van der Waals surface area contributed by atoms with E-state index in [-0.39, 0.29) is 11.9 Å². The number of esters is 1. The summed E-state index contributed by atoms with van der Waals surface area (Å²) in [7, 11) is 0. The predicted molar refractivity (Wildman–Crippen MR) is 126 cm³/mol. The number of unbranched alkanes of at least 4 members (excludes halogenated alkanes) is 11. The summed E-state index contributed by atoms with van der Waals surface area (Å²) in [5, 5.41) is 9.03. The molecular weight excluding hydrogens is 376 g/mol. The molecule has 178 valence electrons. The van der Waals surface area contributed by atoms with Gasteiger partial charge in [-0.25, -0.2) is 0 Å². The molecule has 0 saturated heterocycles. The topological polar surface area (TPSA) is 63.6 Å². The van der Waals surface area contributed by atoms with Gasteiger partial charge in [0.2, 0.25) is 0 Å². The highest BCUT2D eigenvalue weighted by molar-refractivity contribution is 5.69. The van der Waals surface area contributed by atoms with E-state index in [1.807, 2.05) is 6.92 Å². The zero-order valence-corrected chi connectivity index (χ0v) is 20.3. The minimum absolute atomic E-state index is 0.0152. The van der Waals surface area contributed by atoms with E-state index in [2.05, 4.69) is 13.8 Å². The number of carbonyl (C=O) groups is 2. The molecule has 1 N–H and O–H groups in total. The lowest BCUT2D eigenvalue weighted by Gasteiger charge is -2.14. The van der Waals surface area contributed by atoms with Crippen molar-refractivity contribution in [3.05, 3.63) is 0 Å². The van der Waals surface area contributed by atoms with Crippen LogP contribution in [0.2, 0.25) is 0 Å². The van der Waals surface area contributed by atoms with E-state index in [9.17, 15) is 9.59 Å². The SMILES string of the molecule is CCCCC(CC)COC(=O)CCCCCCCCCCCCCC(CC)C(=O)O. The lowest BCUT2D eigenvalue weighted by Crippen LogP contribution is -2.13. The van der Waals surface area contributed by atoms with Crippen LogP contribution in [0, 0.1) is 11.8 Å². The number of carboxylic acid groups (broad SMARTS) is 1. The third-order valence-corrected chi connectivity index (χ3v) is 6.30. The van der Waals surface area contributed by atoms with Crippen molar-refractivity contribution < 1.29 is 19.4 Å². The molecule has 0 radical (unpaired) electrons. The predicted octanol–water partition coefficient (Wildman–Crippen LogP) is 7.93. The largest absolute Gasteiger partial charge is 0.481 e. The van der Waals surface area contributed by atoms with Crippen molar-refractivity contribution in [3.8, 4) is 0 Å². The summed E-state index contributed by atoms with van der Waals surface area (Å²) in [6.45, 7) is 6.95. The highest BCUT2D eigenvalue weighted by Gasteiger charge is 2.13. The van der Waals surface area contributed by atoms with Crippen LogP contribution in [0.4, 0.5) is 0 Å². The lowest BCUT2D eigenvalue weighted by molar-refractivity contribution is -0.145. The second kappa shape index (κ2) is 21.2. The first-order valence-corrected chi connectivity index (χ1v) is 12.9. The average Bonchev–Trinajstić information content (AvgIpc) is 2.73. The normalized spacial score (nSPS) is 13.2. The van der Waals surface area contributed by atoms with Gasteiger partial charge in [-0.05, 0) is 31.6 Å². The smallest absolute Gasteiger partial charge is 0.306 e. The van der Waals surface area contributed by atoms with Crippen LogP contribution in [0.1, 0.15) is 136 Å². The molecule has 0 fully saturated rings. The van der Waals surface area contributed by atoms with Crippen molar-refractivity contribution in [3.63, 3.8) is 0 Å². The van der Waals surface area contributed by atoms with Crippen molar-refractivity contribution in [2.45, 2.75) is 136 Å². The van der Waals surface area contributed by atoms with Gasteiger partial charge in [0.1, 0.15) is 0 Å². The summed E-state index contributed by atoms with van der Waals surface area (Å²) in [4.78, 5) is 22.8. The fraction of sp³-hybridized carbons (Fsp3) is 0.923. The number of carboxylic acids is 1. The minimum atomic E-state index is -0.637. The Morgan fingerprint density at radius 3 is 1.70 bits per heavy atom. The number of hydrogen-bond donors (Lipinski definition) is 1. The quantitative estimate of drug-likeness (QED) is 0.141. The Balaban J connectivity index is 3.38. The minimum Gasteiger partial charge on any atom is -0.481 e. The molecule has 30 heavy (non-hydrogen) atoms. The second-order valence-corrected chi connectivity index (χ2v) is 8.97. The maximum absolute atomic E-state index is 11.9. The molecule has 0 bridgehead atoms. The molecule has 4 heteroatoms. The molecule has 0 aromatic carbocycles. The fourth-order valence-corrected chi connectivity index (χ4v) is 3.93. The molecule has 0 rings (SSSR count). The Labute approximate surface area is 186 Å². The number of rotatable bonds is 22. The summed E-state index contributed by atoms with van der Waals surface area (Å²) >= 11 is 0. The molecule has 0 aromatic heterocycles. The van der Waals surface area contributed by atoms with Crippen molar-refractivity contribution in [2.75, 3.05) is 6.61 Å². The van der Waals surface area contributed by atoms with E-state index in [1.54, 1.807) is 0 Å². The van der Waals surface area contributed by atoms with Crippen molar-refractivity contribution in [1.29, 1.82) is 0 Å². The first-order chi connectivity index (χ1) is 14.5. The number of hydrogen-bond acceptors (Lipinski definition) is 3. The molecule has 0 aliphatic heterocycles. The van der Waals surface area contributed by atoms with Crippen molar-refractivity contribution in [2.24, 2.45) is 11.8 Å². The zero-order valence-electron chi connectivity index (χ0n) is 20.3. The van der Waals surface area contributed by atoms with E-state index in [4.69, 9.17) is 9.84 Å². The number of carbonyl (C=O) groups excluding carboxylic acids is 1. The Hall–Kier alpha value is -1.06. The van der Waals surface area contributed by atoms with E-state index in [0.717, 1.165) is 44.9 Å². The average molecular weight is 427 g/mol. The summed E-state index contributed by atoms with van der Waals surface area (Å²) in [5.74, 6) is -0.265. The molecular formula is C26H50O4. The van der Waals surface area contributed by atoms with Gasteiger partial charge in [0, 0.05) is 6.42 Å². The number of ether oxygens (including phenoxy) is 1. The van der Waals surface area contributed by atoms with E-state index in [0.29, 0.717) is 18.9 Å². The zero-order chi connectivity index (χ0) is 22.5. The van der Waals surface area contributed by atoms with Crippen LogP contribution in [-0.4, -0.2) is 23.7 Å². The van der Waals surface area contributed by atoms with Crippen LogP contribution < -0.4 is 0 Å². The lowest BCUT2D eigenvalue weighted by atomic mass is 9.98. The third kappa shape index (κ3) is 17.8. The van der Waals surface area contributed by atoms with Crippen LogP contribution in [0.5, 0.6) is 0 Å². The van der Waals surface area contributed by atoms with Gasteiger partial charge < -0.3 is 9.84 Å². The van der Waals surface area contributed by atoms with Gasteiger partial charge in [-0.2, -0.15) is 0 Å². The van der Waals surface area contributed by atoms with Gasteiger partial charge in [0.15, 0.2) is 0 Å². The Bertz CT molecular complexity index is 408. The van der Waals surface area contributed by atoms with E-state index < -0.39 is 5.97 Å². The first-order valence-electron chi connectivity index (χ1n) is 12.9. The van der Waals surface area contributed by atoms with Gasteiger partial charge in [-0.1, -0.05) is 104 Å².